The van der Waals surface area contributed by atoms with Crippen LogP contribution in [-0.4, -0.2) is 18.3 Å². The van der Waals surface area contributed by atoms with Gasteiger partial charge in [-0.25, -0.2) is 4.98 Å². The normalized spacial score (nSPS) is 11.2. The molecule has 0 aliphatic carbocycles. The molecule has 0 bridgehead atoms. The first-order valence-electron chi connectivity index (χ1n) is 9.02. The maximum atomic E-state index is 6.00. The molecule has 0 aliphatic rings. The largest absolute Gasteiger partial charge is 0.493 e. The zero-order valence-corrected chi connectivity index (χ0v) is 19.7. The second-order valence-electron chi connectivity index (χ2n) is 6.31. The SMILES string of the molecule is COc1cc(/C=N/Nc2nc3ccccc3s2)cc(I)c1OCc1ccc(Cl)cc1. The number of anilines is 1. The average molecular weight is 550 g/mol. The van der Waals surface area contributed by atoms with Crippen molar-refractivity contribution < 1.29 is 9.47 Å². The lowest BCUT2D eigenvalue weighted by molar-refractivity contribution is 0.282. The van der Waals surface area contributed by atoms with Gasteiger partial charge in [0.2, 0.25) is 5.13 Å². The van der Waals surface area contributed by atoms with Crippen molar-refractivity contribution in [2.24, 2.45) is 5.10 Å². The van der Waals surface area contributed by atoms with Gasteiger partial charge in [-0.1, -0.05) is 47.2 Å². The summed E-state index contributed by atoms with van der Waals surface area (Å²) in [5.41, 5.74) is 5.88. The van der Waals surface area contributed by atoms with Crippen LogP contribution in [0.4, 0.5) is 5.13 Å². The highest BCUT2D eigenvalue weighted by Crippen LogP contribution is 2.34. The van der Waals surface area contributed by atoms with Crippen LogP contribution in [0.5, 0.6) is 11.5 Å². The summed E-state index contributed by atoms with van der Waals surface area (Å²) >= 11 is 9.74. The van der Waals surface area contributed by atoms with E-state index in [2.05, 4.69) is 38.1 Å². The molecule has 0 fully saturated rings. The zero-order valence-electron chi connectivity index (χ0n) is 15.9. The maximum Gasteiger partial charge on any atom is 0.204 e. The van der Waals surface area contributed by atoms with Crippen LogP contribution < -0.4 is 14.9 Å². The summed E-state index contributed by atoms with van der Waals surface area (Å²) < 4.78 is 13.6. The number of hydrogen-bond acceptors (Lipinski definition) is 6. The van der Waals surface area contributed by atoms with Crippen LogP contribution in [0.15, 0.2) is 65.8 Å². The van der Waals surface area contributed by atoms with E-state index in [0.717, 1.165) is 30.0 Å². The predicted octanol–water partition coefficient (Wildman–Crippen LogP) is 6.59. The standard InChI is InChI=1S/C22H17ClIN3O2S/c1-28-19-11-15(12-25-27-22-26-18-4-2-3-5-20(18)30-22)10-17(24)21(19)29-13-14-6-8-16(23)9-7-14/h2-12H,13H2,1H3,(H,26,27)/b25-12+. The highest BCUT2D eigenvalue weighted by molar-refractivity contribution is 14.1. The fraction of sp³-hybridized carbons (Fsp3) is 0.0909. The number of benzene rings is 3. The Labute approximate surface area is 196 Å². The van der Waals surface area contributed by atoms with Gasteiger partial charge in [0.05, 0.1) is 27.1 Å². The minimum Gasteiger partial charge on any atom is -0.493 e. The molecule has 0 radical (unpaired) electrons. The molecule has 0 saturated carbocycles. The first kappa shape index (κ1) is 20.9. The second kappa shape index (κ2) is 9.63. The molecule has 8 heteroatoms. The minimum absolute atomic E-state index is 0.427. The number of thiazole rings is 1. The molecule has 1 heterocycles. The monoisotopic (exact) mass is 549 g/mol. The molecule has 3 aromatic carbocycles. The Morgan fingerprint density at radius 2 is 1.97 bits per heavy atom. The average Bonchev–Trinajstić information content (AvgIpc) is 3.16. The number of methoxy groups -OCH3 is 1. The number of hydrazone groups is 1. The topological polar surface area (TPSA) is 55.7 Å². The van der Waals surface area contributed by atoms with Crippen LogP contribution in [0.1, 0.15) is 11.1 Å². The molecule has 0 saturated heterocycles. The highest BCUT2D eigenvalue weighted by Gasteiger charge is 2.11. The number of rotatable bonds is 7. The Hall–Kier alpha value is -2.36. The summed E-state index contributed by atoms with van der Waals surface area (Å²) in [6.07, 6.45) is 1.74. The van der Waals surface area contributed by atoms with Crippen LogP contribution in [0.2, 0.25) is 5.02 Å². The minimum atomic E-state index is 0.427. The van der Waals surface area contributed by atoms with E-state index >= 15 is 0 Å². The molecule has 0 spiro atoms. The van der Waals surface area contributed by atoms with Crippen LogP contribution >= 0.6 is 45.5 Å². The van der Waals surface area contributed by atoms with Crippen LogP contribution in [0, 0.1) is 3.57 Å². The third-order valence-corrected chi connectivity index (χ3v) is 6.21. The Balaban J connectivity index is 1.46. The molecule has 4 aromatic rings. The number of hydrogen-bond donors (Lipinski definition) is 1. The van der Waals surface area contributed by atoms with E-state index in [1.165, 1.54) is 0 Å². The van der Waals surface area contributed by atoms with Crippen molar-refractivity contribution in [2.75, 3.05) is 12.5 Å². The Kier molecular flexibility index (Phi) is 6.71. The Morgan fingerprint density at radius 3 is 2.73 bits per heavy atom. The number of nitrogens with one attached hydrogen (secondary N) is 1. The summed E-state index contributed by atoms with van der Waals surface area (Å²) in [5, 5.41) is 5.77. The van der Waals surface area contributed by atoms with E-state index in [4.69, 9.17) is 21.1 Å². The second-order valence-corrected chi connectivity index (χ2v) is 8.94. The Bertz CT molecular complexity index is 1160. The van der Waals surface area contributed by atoms with Crippen molar-refractivity contribution in [3.63, 3.8) is 0 Å². The summed E-state index contributed by atoms with van der Waals surface area (Å²) in [7, 11) is 1.63. The third-order valence-electron chi connectivity index (χ3n) is 4.22. The van der Waals surface area contributed by atoms with Gasteiger partial charge in [0, 0.05) is 5.02 Å². The van der Waals surface area contributed by atoms with E-state index in [-0.39, 0.29) is 0 Å². The lowest BCUT2D eigenvalue weighted by Gasteiger charge is -2.13. The smallest absolute Gasteiger partial charge is 0.204 e. The summed E-state index contributed by atoms with van der Waals surface area (Å²) in [4.78, 5) is 4.51. The Morgan fingerprint density at radius 1 is 1.17 bits per heavy atom. The van der Waals surface area contributed by atoms with Gasteiger partial charge in [-0.3, -0.25) is 5.43 Å². The first-order valence-corrected chi connectivity index (χ1v) is 11.3. The molecule has 1 N–H and O–H groups in total. The maximum absolute atomic E-state index is 6.00. The summed E-state index contributed by atoms with van der Waals surface area (Å²) in [5.74, 6) is 1.35. The van der Waals surface area contributed by atoms with E-state index < -0.39 is 0 Å². The van der Waals surface area contributed by atoms with Gasteiger partial charge < -0.3 is 9.47 Å². The molecule has 4 rings (SSSR count). The van der Waals surface area contributed by atoms with E-state index in [9.17, 15) is 0 Å². The molecule has 0 aliphatic heterocycles. The van der Waals surface area contributed by atoms with Crippen LogP contribution in [0.3, 0.4) is 0 Å². The van der Waals surface area contributed by atoms with Gasteiger partial charge >= 0.3 is 0 Å². The van der Waals surface area contributed by atoms with E-state index in [0.29, 0.717) is 23.1 Å². The molecule has 0 atom stereocenters. The van der Waals surface area contributed by atoms with Crippen LogP contribution in [-0.2, 0) is 6.61 Å². The predicted molar refractivity (Wildman–Crippen MR) is 132 cm³/mol. The molecule has 152 valence electrons. The molecular weight excluding hydrogens is 533 g/mol. The first-order chi connectivity index (χ1) is 14.6. The zero-order chi connectivity index (χ0) is 20.9. The fourth-order valence-electron chi connectivity index (χ4n) is 2.77. The highest BCUT2D eigenvalue weighted by atomic mass is 127. The van der Waals surface area contributed by atoms with Gasteiger partial charge in [-0.05, 0) is 70.1 Å². The number of nitrogens with zero attached hydrogens (tertiary/aromatic N) is 2. The van der Waals surface area contributed by atoms with E-state index in [1.54, 1.807) is 24.7 Å². The van der Waals surface area contributed by atoms with Gasteiger partial charge in [0.15, 0.2) is 11.5 Å². The van der Waals surface area contributed by atoms with Gasteiger partial charge in [-0.2, -0.15) is 5.10 Å². The number of aromatic nitrogens is 1. The molecule has 5 nitrogen and oxygen atoms in total. The van der Waals surface area contributed by atoms with Crippen molar-refractivity contribution in [3.05, 3.63) is 80.4 Å². The number of halogens is 2. The lowest BCUT2D eigenvalue weighted by Crippen LogP contribution is -2.01. The molecule has 1 aromatic heterocycles. The van der Waals surface area contributed by atoms with Crippen molar-refractivity contribution in [1.82, 2.24) is 4.98 Å². The number of fused-ring (bicyclic) bond motifs is 1. The van der Waals surface area contributed by atoms with E-state index in [1.807, 2.05) is 60.7 Å². The van der Waals surface area contributed by atoms with Gasteiger partial charge in [-0.15, -0.1) is 0 Å². The number of para-hydroxylation sites is 1. The van der Waals surface area contributed by atoms with Crippen LogP contribution in [0.25, 0.3) is 10.2 Å². The molecule has 30 heavy (non-hydrogen) atoms. The molecule has 0 amide bonds. The summed E-state index contributed by atoms with van der Waals surface area (Å²) in [6.45, 7) is 0.427. The van der Waals surface area contributed by atoms with Crippen molar-refractivity contribution in [1.29, 1.82) is 0 Å². The molecule has 0 unspecified atom stereocenters. The molecular formula is C22H17ClIN3O2S. The third kappa shape index (κ3) is 5.03. The van der Waals surface area contributed by atoms with Gasteiger partial charge in [0.25, 0.3) is 0 Å². The quantitative estimate of drug-likeness (QED) is 0.161. The fourth-order valence-corrected chi connectivity index (χ4v) is 4.50. The number of ether oxygens (including phenoxy) is 2. The van der Waals surface area contributed by atoms with Crippen molar-refractivity contribution in [2.45, 2.75) is 6.61 Å². The van der Waals surface area contributed by atoms with Crippen molar-refractivity contribution in [3.8, 4) is 11.5 Å². The van der Waals surface area contributed by atoms with Gasteiger partial charge in [0.1, 0.15) is 6.61 Å². The van der Waals surface area contributed by atoms with Crippen molar-refractivity contribution >= 4 is 67.1 Å². The summed E-state index contributed by atoms with van der Waals surface area (Å²) in [6, 6.07) is 19.5. The lowest BCUT2D eigenvalue weighted by atomic mass is 10.2.